The molecule has 0 aromatic heterocycles. The van der Waals surface area contributed by atoms with Crippen LogP contribution >= 0.6 is 0 Å². The number of hydrogen-bond acceptors (Lipinski definition) is 3. The van der Waals surface area contributed by atoms with Gasteiger partial charge in [-0.05, 0) is 51.6 Å². The summed E-state index contributed by atoms with van der Waals surface area (Å²) in [5, 5.41) is 3.65. The zero-order chi connectivity index (χ0) is 13.0. The van der Waals surface area contributed by atoms with E-state index in [1.165, 1.54) is 25.7 Å². The molecular formula is C15H30N2O. The van der Waals surface area contributed by atoms with E-state index in [9.17, 15) is 0 Å². The molecule has 1 aliphatic carbocycles. The van der Waals surface area contributed by atoms with E-state index in [0.29, 0.717) is 18.1 Å². The molecule has 106 valence electrons. The molecule has 0 aromatic rings. The summed E-state index contributed by atoms with van der Waals surface area (Å²) in [6.07, 6.45) is 5.74. The molecule has 2 fully saturated rings. The maximum atomic E-state index is 5.77. The van der Waals surface area contributed by atoms with Gasteiger partial charge in [-0.15, -0.1) is 0 Å². The second-order valence-electron chi connectivity index (χ2n) is 6.12. The van der Waals surface area contributed by atoms with Gasteiger partial charge in [-0.25, -0.2) is 0 Å². The molecule has 2 aliphatic rings. The Morgan fingerprint density at radius 1 is 1.28 bits per heavy atom. The highest BCUT2D eigenvalue weighted by molar-refractivity contribution is 4.84. The predicted octanol–water partition coefficient (Wildman–Crippen LogP) is 2.26. The van der Waals surface area contributed by atoms with Crippen molar-refractivity contribution in [2.45, 2.75) is 64.6 Å². The van der Waals surface area contributed by atoms with Gasteiger partial charge < -0.3 is 10.1 Å². The van der Waals surface area contributed by atoms with Crippen molar-refractivity contribution >= 4 is 0 Å². The standard InChI is InChI=1S/C15H30N2O/c1-4-17(11-15-6-5-9-18-15)13(3)12(2)10-16-14-7-8-14/h12-16H,4-11H2,1-3H3. The molecule has 3 heteroatoms. The molecule has 1 saturated heterocycles. The quantitative estimate of drug-likeness (QED) is 0.719. The zero-order valence-corrected chi connectivity index (χ0v) is 12.3. The molecule has 1 heterocycles. The Bertz CT molecular complexity index is 237. The number of likely N-dealkylation sites (N-methyl/N-ethyl adjacent to an activating group) is 1. The van der Waals surface area contributed by atoms with Crippen LogP contribution in [0, 0.1) is 5.92 Å². The summed E-state index contributed by atoms with van der Waals surface area (Å²) >= 11 is 0. The van der Waals surface area contributed by atoms with Crippen LogP contribution in [0.25, 0.3) is 0 Å². The van der Waals surface area contributed by atoms with Gasteiger partial charge in [-0.3, -0.25) is 4.90 Å². The minimum atomic E-state index is 0.482. The van der Waals surface area contributed by atoms with Crippen LogP contribution in [0.1, 0.15) is 46.5 Å². The largest absolute Gasteiger partial charge is 0.377 e. The van der Waals surface area contributed by atoms with Gasteiger partial charge in [0.05, 0.1) is 6.10 Å². The van der Waals surface area contributed by atoms with E-state index in [1.54, 1.807) is 0 Å². The lowest BCUT2D eigenvalue weighted by Crippen LogP contribution is -2.44. The van der Waals surface area contributed by atoms with Crippen LogP contribution < -0.4 is 5.32 Å². The van der Waals surface area contributed by atoms with E-state index < -0.39 is 0 Å². The molecule has 3 atom stereocenters. The van der Waals surface area contributed by atoms with Gasteiger partial charge in [0.1, 0.15) is 0 Å². The smallest absolute Gasteiger partial charge is 0.0702 e. The first-order chi connectivity index (χ1) is 8.70. The van der Waals surface area contributed by atoms with Crippen LogP contribution in [0.5, 0.6) is 0 Å². The fraction of sp³-hybridized carbons (Fsp3) is 1.00. The number of hydrogen-bond donors (Lipinski definition) is 1. The van der Waals surface area contributed by atoms with Gasteiger partial charge in [0.2, 0.25) is 0 Å². The molecule has 1 N–H and O–H groups in total. The molecule has 0 radical (unpaired) electrons. The Kier molecular flexibility index (Phi) is 5.46. The van der Waals surface area contributed by atoms with E-state index in [-0.39, 0.29) is 0 Å². The molecule has 0 spiro atoms. The van der Waals surface area contributed by atoms with Gasteiger partial charge in [-0.1, -0.05) is 13.8 Å². The Labute approximate surface area is 112 Å². The third-order valence-corrected chi connectivity index (χ3v) is 4.57. The number of nitrogens with one attached hydrogen (secondary N) is 1. The lowest BCUT2D eigenvalue weighted by molar-refractivity contribution is 0.0518. The summed E-state index contributed by atoms with van der Waals surface area (Å²) in [4.78, 5) is 2.59. The van der Waals surface area contributed by atoms with Gasteiger partial charge >= 0.3 is 0 Å². The van der Waals surface area contributed by atoms with E-state index in [0.717, 1.165) is 32.3 Å². The van der Waals surface area contributed by atoms with Gasteiger partial charge in [0.15, 0.2) is 0 Å². The van der Waals surface area contributed by atoms with Crippen molar-refractivity contribution in [2.75, 3.05) is 26.2 Å². The molecule has 3 unspecified atom stereocenters. The van der Waals surface area contributed by atoms with Crippen LogP contribution in [0.4, 0.5) is 0 Å². The molecule has 2 rings (SSSR count). The van der Waals surface area contributed by atoms with E-state index in [4.69, 9.17) is 4.74 Å². The van der Waals surface area contributed by atoms with Crippen molar-refractivity contribution < 1.29 is 4.74 Å². The maximum Gasteiger partial charge on any atom is 0.0702 e. The number of nitrogens with zero attached hydrogens (tertiary/aromatic N) is 1. The van der Waals surface area contributed by atoms with Crippen molar-refractivity contribution in [2.24, 2.45) is 5.92 Å². The van der Waals surface area contributed by atoms with Crippen LogP contribution in [-0.4, -0.2) is 49.3 Å². The summed E-state index contributed by atoms with van der Waals surface area (Å²) in [6.45, 7) is 11.4. The Hall–Kier alpha value is -0.120. The maximum absolute atomic E-state index is 5.77. The molecule has 0 aromatic carbocycles. The van der Waals surface area contributed by atoms with Crippen molar-refractivity contribution in [3.05, 3.63) is 0 Å². The summed E-state index contributed by atoms with van der Waals surface area (Å²) in [7, 11) is 0. The average Bonchev–Trinajstić information content (AvgIpc) is 3.07. The fourth-order valence-corrected chi connectivity index (χ4v) is 2.80. The van der Waals surface area contributed by atoms with Gasteiger partial charge in [-0.2, -0.15) is 0 Å². The molecular weight excluding hydrogens is 224 g/mol. The van der Waals surface area contributed by atoms with E-state index in [1.807, 2.05) is 0 Å². The zero-order valence-electron chi connectivity index (χ0n) is 12.3. The molecule has 3 nitrogen and oxygen atoms in total. The third-order valence-electron chi connectivity index (χ3n) is 4.57. The summed E-state index contributed by atoms with van der Waals surface area (Å²) in [5.74, 6) is 0.715. The first kappa shape index (κ1) is 14.3. The number of ether oxygens (including phenoxy) is 1. The van der Waals surface area contributed by atoms with Crippen LogP contribution in [0.3, 0.4) is 0 Å². The topological polar surface area (TPSA) is 24.5 Å². The SMILES string of the molecule is CCN(CC1CCCO1)C(C)C(C)CNC1CC1. The lowest BCUT2D eigenvalue weighted by Gasteiger charge is -2.34. The minimum Gasteiger partial charge on any atom is -0.377 e. The summed E-state index contributed by atoms with van der Waals surface area (Å²) in [6, 6.07) is 1.47. The molecule has 18 heavy (non-hydrogen) atoms. The van der Waals surface area contributed by atoms with Crippen molar-refractivity contribution in [3.8, 4) is 0 Å². The van der Waals surface area contributed by atoms with E-state index in [2.05, 4.69) is 31.0 Å². The van der Waals surface area contributed by atoms with E-state index >= 15 is 0 Å². The first-order valence-electron chi connectivity index (χ1n) is 7.79. The summed E-state index contributed by atoms with van der Waals surface area (Å²) in [5.41, 5.74) is 0. The van der Waals surface area contributed by atoms with Crippen molar-refractivity contribution in [3.63, 3.8) is 0 Å². The molecule has 1 saturated carbocycles. The van der Waals surface area contributed by atoms with Crippen LogP contribution in [0.2, 0.25) is 0 Å². The monoisotopic (exact) mass is 254 g/mol. The molecule has 1 aliphatic heterocycles. The molecule has 0 bridgehead atoms. The Balaban J connectivity index is 1.73. The average molecular weight is 254 g/mol. The lowest BCUT2D eigenvalue weighted by atomic mass is 10.0. The van der Waals surface area contributed by atoms with Crippen LogP contribution in [-0.2, 0) is 4.74 Å². The van der Waals surface area contributed by atoms with Gasteiger partial charge in [0.25, 0.3) is 0 Å². The highest BCUT2D eigenvalue weighted by atomic mass is 16.5. The second kappa shape index (κ2) is 6.88. The van der Waals surface area contributed by atoms with Crippen molar-refractivity contribution in [1.29, 1.82) is 0 Å². The highest BCUT2D eigenvalue weighted by Gasteiger charge is 2.26. The Morgan fingerprint density at radius 3 is 2.61 bits per heavy atom. The summed E-state index contributed by atoms with van der Waals surface area (Å²) < 4.78 is 5.77. The fourth-order valence-electron chi connectivity index (χ4n) is 2.80. The van der Waals surface area contributed by atoms with Crippen LogP contribution in [0.15, 0.2) is 0 Å². The highest BCUT2D eigenvalue weighted by Crippen LogP contribution is 2.21. The van der Waals surface area contributed by atoms with Crippen molar-refractivity contribution in [1.82, 2.24) is 10.2 Å². The predicted molar refractivity (Wildman–Crippen MR) is 75.9 cm³/mol. The second-order valence-corrected chi connectivity index (χ2v) is 6.12. The normalized spacial score (nSPS) is 27.7. The number of rotatable bonds is 8. The minimum absolute atomic E-state index is 0.482. The first-order valence-corrected chi connectivity index (χ1v) is 7.79. The molecule has 0 amide bonds. The van der Waals surface area contributed by atoms with Gasteiger partial charge in [0, 0.05) is 25.2 Å². The Morgan fingerprint density at radius 2 is 2.06 bits per heavy atom. The third kappa shape index (κ3) is 4.22.